The molecule has 1 saturated heterocycles. The Hall–Kier alpha value is 0.0969. The summed E-state index contributed by atoms with van der Waals surface area (Å²) in [6.45, 7) is 14.2. The summed E-state index contributed by atoms with van der Waals surface area (Å²) in [6.07, 6.45) is 6.03. The van der Waals surface area contributed by atoms with Crippen molar-refractivity contribution in [3.8, 4) is 0 Å². The van der Waals surface area contributed by atoms with Crippen LogP contribution < -0.4 is 0 Å². The van der Waals surface area contributed by atoms with E-state index in [9.17, 15) is 0 Å². The first-order valence-electron chi connectivity index (χ1n) is 7.50. The van der Waals surface area contributed by atoms with Crippen LogP contribution in [0.5, 0.6) is 0 Å². The highest BCUT2D eigenvalue weighted by molar-refractivity contribution is 6.32. The highest BCUT2D eigenvalue weighted by atomic mass is 28.2. The van der Waals surface area contributed by atoms with Gasteiger partial charge in [0.25, 0.3) is 0 Å². The van der Waals surface area contributed by atoms with Crippen molar-refractivity contribution in [2.24, 2.45) is 0 Å². The molecule has 0 aromatic carbocycles. The van der Waals surface area contributed by atoms with E-state index in [1.54, 1.807) is 0 Å². The Morgan fingerprint density at radius 2 is 1.35 bits per heavy atom. The third-order valence-electron chi connectivity index (χ3n) is 3.75. The minimum atomic E-state index is -0.0916. The molecule has 1 rings (SSSR count). The van der Waals surface area contributed by atoms with Gasteiger partial charge in [-0.15, -0.1) is 0 Å². The van der Waals surface area contributed by atoms with Gasteiger partial charge in [-0.05, 0) is 39.0 Å². The molecule has 1 fully saturated rings. The molecule has 0 N–H and O–H groups in total. The van der Waals surface area contributed by atoms with Crippen molar-refractivity contribution < 1.29 is 0 Å². The zero-order valence-corrected chi connectivity index (χ0v) is 13.7. The Balaban J connectivity index is 2.46. The van der Waals surface area contributed by atoms with Crippen LogP contribution in [0.25, 0.3) is 0 Å². The number of nitrogens with zero attached hydrogens (tertiary/aromatic N) is 3. The van der Waals surface area contributed by atoms with Crippen LogP contribution in [-0.2, 0) is 0 Å². The van der Waals surface area contributed by atoms with Crippen molar-refractivity contribution in [1.29, 1.82) is 0 Å². The molecule has 1 aliphatic rings. The van der Waals surface area contributed by atoms with Crippen LogP contribution in [0.3, 0.4) is 0 Å². The first-order valence-corrected chi connectivity index (χ1v) is 8.77. The van der Waals surface area contributed by atoms with Crippen molar-refractivity contribution in [2.45, 2.75) is 59.7 Å². The van der Waals surface area contributed by atoms with Crippen molar-refractivity contribution >= 4 is 9.84 Å². The van der Waals surface area contributed by atoms with Crippen molar-refractivity contribution in [3.05, 3.63) is 0 Å². The fraction of sp³-hybridized carbons (Fsp3) is 1.00. The van der Waals surface area contributed by atoms with Crippen LogP contribution in [0.2, 0.25) is 0 Å². The molecule has 17 heavy (non-hydrogen) atoms. The van der Waals surface area contributed by atoms with E-state index in [-0.39, 0.29) is 9.84 Å². The number of rotatable bonds is 9. The summed E-state index contributed by atoms with van der Waals surface area (Å²) < 4.78 is 5.54. The fourth-order valence-corrected chi connectivity index (χ4v) is 4.73. The third-order valence-corrected chi connectivity index (χ3v) is 5.77. The lowest BCUT2D eigenvalue weighted by atomic mass is 10.3. The summed E-state index contributed by atoms with van der Waals surface area (Å²) in [7, 11) is -0.0916. The first kappa shape index (κ1) is 15.2. The van der Waals surface area contributed by atoms with E-state index in [1.165, 1.54) is 51.9 Å². The molecule has 1 heterocycles. The molecule has 0 aromatic rings. The fourth-order valence-electron chi connectivity index (χ4n) is 2.62. The van der Waals surface area contributed by atoms with Gasteiger partial charge in [0, 0.05) is 0 Å². The molecule has 0 saturated carbocycles. The number of unbranched alkanes of at least 4 members (excludes halogenated alkanes) is 2. The van der Waals surface area contributed by atoms with E-state index in [2.05, 4.69) is 41.7 Å². The molecule has 1 aliphatic heterocycles. The van der Waals surface area contributed by atoms with Crippen LogP contribution in [0.4, 0.5) is 0 Å². The molecular weight excluding hydrogens is 226 g/mol. The summed E-state index contributed by atoms with van der Waals surface area (Å²) in [4.78, 5) is 2.61. The third kappa shape index (κ3) is 4.05. The van der Waals surface area contributed by atoms with E-state index in [1.807, 2.05) is 0 Å². The molecule has 0 bridgehead atoms. The summed E-state index contributed by atoms with van der Waals surface area (Å²) in [6, 6.07) is 0. The summed E-state index contributed by atoms with van der Waals surface area (Å²) in [5, 5.41) is 0. The average molecular weight is 257 g/mol. The van der Waals surface area contributed by atoms with Gasteiger partial charge in [0.2, 0.25) is 0 Å². The minimum absolute atomic E-state index is 0.0916. The SMILES string of the molecule is CCCCN1[SiH2]N(CCCC)C1N(CC)CC. The Labute approximate surface area is 110 Å². The van der Waals surface area contributed by atoms with E-state index >= 15 is 0 Å². The minimum Gasteiger partial charge on any atom is -0.289 e. The Kier molecular flexibility index (Phi) is 7.35. The van der Waals surface area contributed by atoms with Crippen LogP contribution in [0.1, 0.15) is 53.4 Å². The van der Waals surface area contributed by atoms with Crippen LogP contribution in [0, 0.1) is 0 Å². The smallest absolute Gasteiger partial charge is 0.177 e. The summed E-state index contributed by atoms with van der Waals surface area (Å²) in [5.41, 5.74) is 0. The second-order valence-corrected chi connectivity index (χ2v) is 6.95. The van der Waals surface area contributed by atoms with E-state index < -0.39 is 0 Å². The highest BCUT2D eigenvalue weighted by Crippen LogP contribution is 2.21. The van der Waals surface area contributed by atoms with Crippen molar-refractivity contribution in [3.63, 3.8) is 0 Å². The van der Waals surface area contributed by atoms with Crippen molar-refractivity contribution in [2.75, 3.05) is 26.2 Å². The Morgan fingerprint density at radius 3 is 1.71 bits per heavy atom. The Morgan fingerprint density at radius 1 is 0.882 bits per heavy atom. The van der Waals surface area contributed by atoms with Gasteiger partial charge in [0.05, 0.1) is 0 Å². The standard InChI is InChI=1S/C13H31N3Si/c1-5-9-11-15-13(14(7-3)8-4)16(17-15)12-10-6-2/h13H,5-12,17H2,1-4H3. The number of hydrogen-bond acceptors (Lipinski definition) is 3. The highest BCUT2D eigenvalue weighted by Gasteiger charge is 2.38. The second kappa shape index (κ2) is 8.24. The zero-order chi connectivity index (χ0) is 12.7. The molecule has 3 nitrogen and oxygen atoms in total. The molecule has 0 aromatic heterocycles. The zero-order valence-electron chi connectivity index (χ0n) is 12.3. The van der Waals surface area contributed by atoms with Gasteiger partial charge in [-0.25, -0.2) is 0 Å². The van der Waals surface area contributed by atoms with Gasteiger partial charge in [-0.2, -0.15) is 0 Å². The van der Waals surface area contributed by atoms with Crippen LogP contribution >= 0.6 is 0 Å². The molecule has 4 heteroatoms. The van der Waals surface area contributed by atoms with Gasteiger partial charge in [-0.3, -0.25) is 14.0 Å². The van der Waals surface area contributed by atoms with E-state index in [0.29, 0.717) is 6.29 Å². The monoisotopic (exact) mass is 257 g/mol. The second-order valence-electron chi connectivity index (χ2n) is 5.04. The molecule has 102 valence electrons. The molecular formula is C13H31N3Si. The van der Waals surface area contributed by atoms with E-state index in [4.69, 9.17) is 0 Å². The summed E-state index contributed by atoms with van der Waals surface area (Å²) in [5.74, 6) is 0. The summed E-state index contributed by atoms with van der Waals surface area (Å²) >= 11 is 0. The average Bonchev–Trinajstić information content (AvgIpc) is 2.34. The first-order chi connectivity index (χ1) is 8.28. The predicted molar refractivity (Wildman–Crippen MR) is 78.5 cm³/mol. The number of hydrogen-bond donors (Lipinski definition) is 0. The molecule has 0 atom stereocenters. The molecule has 0 unspecified atom stereocenters. The molecule has 0 aliphatic carbocycles. The maximum atomic E-state index is 2.77. The van der Waals surface area contributed by atoms with Gasteiger partial charge >= 0.3 is 0 Å². The van der Waals surface area contributed by atoms with Crippen molar-refractivity contribution in [1.82, 2.24) is 14.0 Å². The van der Waals surface area contributed by atoms with Gasteiger partial charge in [0.15, 0.2) is 9.84 Å². The van der Waals surface area contributed by atoms with Gasteiger partial charge < -0.3 is 0 Å². The molecule has 0 spiro atoms. The lowest BCUT2D eigenvalue weighted by Crippen LogP contribution is -2.72. The quantitative estimate of drug-likeness (QED) is 0.584. The predicted octanol–water partition coefficient (Wildman–Crippen LogP) is 1.83. The normalized spacial score (nSPS) is 23.5. The topological polar surface area (TPSA) is 9.72 Å². The van der Waals surface area contributed by atoms with Crippen LogP contribution in [0.15, 0.2) is 0 Å². The molecule has 0 radical (unpaired) electrons. The lowest BCUT2D eigenvalue weighted by Gasteiger charge is -2.55. The Bertz CT molecular complexity index is 183. The van der Waals surface area contributed by atoms with E-state index in [0.717, 1.165) is 0 Å². The maximum absolute atomic E-state index is 2.77. The van der Waals surface area contributed by atoms with Crippen LogP contribution in [-0.4, -0.2) is 56.3 Å². The van der Waals surface area contributed by atoms with Gasteiger partial charge in [0.1, 0.15) is 6.29 Å². The molecule has 0 amide bonds. The largest absolute Gasteiger partial charge is 0.289 e. The maximum Gasteiger partial charge on any atom is 0.177 e. The van der Waals surface area contributed by atoms with Gasteiger partial charge in [-0.1, -0.05) is 40.5 Å². The lowest BCUT2D eigenvalue weighted by molar-refractivity contribution is -0.0390.